The molecule has 2 aliphatic rings. The number of rotatable bonds is 1. The van der Waals surface area contributed by atoms with Gasteiger partial charge in [0.2, 0.25) is 0 Å². The van der Waals surface area contributed by atoms with E-state index < -0.39 is 5.41 Å². The molecule has 1 unspecified atom stereocenters. The van der Waals surface area contributed by atoms with Crippen molar-refractivity contribution in [2.75, 3.05) is 0 Å². The highest BCUT2D eigenvalue weighted by molar-refractivity contribution is 6.32. The van der Waals surface area contributed by atoms with Gasteiger partial charge >= 0.3 is 0 Å². The zero-order valence-electron chi connectivity index (χ0n) is 11.2. The van der Waals surface area contributed by atoms with Crippen LogP contribution in [-0.4, -0.2) is 11.6 Å². The fraction of sp³-hybridized carbons (Fsp3) is 0.222. The fourth-order valence-electron chi connectivity index (χ4n) is 3.74. The van der Waals surface area contributed by atoms with Gasteiger partial charge in [-0.1, -0.05) is 61.5 Å². The van der Waals surface area contributed by atoms with Crippen molar-refractivity contribution in [2.24, 2.45) is 5.41 Å². The van der Waals surface area contributed by atoms with Crippen molar-refractivity contribution < 1.29 is 9.59 Å². The molecule has 1 atom stereocenters. The normalized spacial score (nSPS) is 25.9. The van der Waals surface area contributed by atoms with Crippen molar-refractivity contribution in [3.8, 4) is 0 Å². The molecule has 0 aromatic heterocycles. The van der Waals surface area contributed by atoms with Crippen LogP contribution in [0.25, 0.3) is 0 Å². The van der Waals surface area contributed by atoms with E-state index in [0.717, 1.165) is 5.56 Å². The molecule has 1 fully saturated rings. The molecule has 1 spiro atoms. The van der Waals surface area contributed by atoms with Crippen LogP contribution in [0.5, 0.6) is 0 Å². The molecular formula is C18H14O2. The van der Waals surface area contributed by atoms with E-state index in [2.05, 4.69) is 0 Å². The molecule has 0 bridgehead atoms. The van der Waals surface area contributed by atoms with Crippen LogP contribution in [0.4, 0.5) is 0 Å². The van der Waals surface area contributed by atoms with Crippen molar-refractivity contribution >= 4 is 11.6 Å². The highest BCUT2D eigenvalue weighted by atomic mass is 16.2. The number of carbonyl (C=O) groups excluding carboxylic acids is 2. The van der Waals surface area contributed by atoms with Gasteiger partial charge in [-0.2, -0.15) is 0 Å². The van der Waals surface area contributed by atoms with E-state index in [-0.39, 0.29) is 17.0 Å². The predicted octanol–water partition coefficient (Wildman–Crippen LogP) is 3.41. The van der Waals surface area contributed by atoms with Crippen molar-refractivity contribution in [3.63, 3.8) is 0 Å². The molecule has 0 amide bonds. The average Bonchev–Trinajstić information content (AvgIpc) is 3.09. The second kappa shape index (κ2) is 3.45. The highest BCUT2D eigenvalue weighted by Crippen LogP contribution is 2.69. The van der Waals surface area contributed by atoms with Crippen LogP contribution in [-0.2, 0) is 5.41 Å². The number of ketones is 2. The largest absolute Gasteiger partial charge is 0.293 e. The first kappa shape index (κ1) is 11.6. The lowest BCUT2D eigenvalue weighted by atomic mass is 9.84. The summed E-state index contributed by atoms with van der Waals surface area (Å²) in [6, 6.07) is 17.1. The van der Waals surface area contributed by atoms with Gasteiger partial charge in [-0.3, -0.25) is 9.59 Å². The summed E-state index contributed by atoms with van der Waals surface area (Å²) in [5, 5.41) is 0. The molecule has 2 aromatic rings. The fourth-order valence-corrected chi connectivity index (χ4v) is 3.74. The zero-order valence-corrected chi connectivity index (χ0v) is 11.2. The predicted molar refractivity (Wildman–Crippen MR) is 75.9 cm³/mol. The Bertz CT molecular complexity index is 710. The van der Waals surface area contributed by atoms with Crippen molar-refractivity contribution in [2.45, 2.75) is 18.8 Å². The maximum Gasteiger partial charge on any atom is 0.178 e. The highest BCUT2D eigenvalue weighted by Gasteiger charge is 2.76. The third kappa shape index (κ3) is 1.11. The SMILES string of the molecule is CC1(c2ccccc2)CC12C(=O)c1ccccc1C2=O. The van der Waals surface area contributed by atoms with Crippen LogP contribution < -0.4 is 0 Å². The minimum absolute atomic E-state index is 0.00412. The number of hydrogen-bond donors (Lipinski definition) is 0. The molecule has 1 saturated carbocycles. The van der Waals surface area contributed by atoms with Crippen LogP contribution in [0.3, 0.4) is 0 Å². The summed E-state index contributed by atoms with van der Waals surface area (Å²) in [6.07, 6.45) is 0.621. The summed E-state index contributed by atoms with van der Waals surface area (Å²) in [5.41, 5.74) is 1.06. The van der Waals surface area contributed by atoms with Crippen LogP contribution in [0, 0.1) is 5.41 Å². The lowest BCUT2D eigenvalue weighted by Gasteiger charge is -2.16. The standard InChI is InChI=1S/C18H14O2/c1-17(12-7-3-2-4-8-12)11-18(17)15(19)13-9-5-6-10-14(13)16(18)20/h2-10H,11H2,1H3. The Morgan fingerprint density at radius 1 is 0.800 bits per heavy atom. The Labute approximate surface area is 117 Å². The van der Waals surface area contributed by atoms with E-state index >= 15 is 0 Å². The summed E-state index contributed by atoms with van der Waals surface area (Å²) in [7, 11) is 0. The monoisotopic (exact) mass is 262 g/mol. The van der Waals surface area contributed by atoms with E-state index in [1.54, 1.807) is 12.1 Å². The quantitative estimate of drug-likeness (QED) is 0.738. The number of Topliss-reactive ketones (excluding diaryl/α,β-unsaturated/α-hetero) is 2. The Morgan fingerprint density at radius 2 is 1.30 bits per heavy atom. The van der Waals surface area contributed by atoms with Crippen molar-refractivity contribution in [1.82, 2.24) is 0 Å². The molecule has 98 valence electrons. The molecular weight excluding hydrogens is 248 g/mol. The minimum atomic E-state index is -0.849. The summed E-state index contributed by atoms with van der Waals surface area (Å²) in [5.74, 6) is 0.00825. The molecule has 2 nitrogen and oxygen atoms in total. The Balaban J connectivity index is 1.87. The summed E-state index contributed by atoms with van der Waals surface area (Å²) in [4.78, 5) is 25.5. The first-order chi connectivity index (χ1) is 9.61. The van der Waals surface area contributed by atoms with Gasteiger partial charge in [0.1, 0.15) is 5.41 Å². The molecule has 20 heavy (non-hydrogen) atoms. The average molecular weight is 262 g/mol. The second-order valence-corrected chi connectivity index (χ2v) is 5.98. The smallest absolute Gasteiger partial charge is 0.178 e. The molecule has 2 aromatic carbocycles. The summed E-state index contributed by atoms with van der Waals surface area (Å²) >= 11 is 0. The van der Waals surface area contributed by atoms with Crippen LogP contribution in [0.2, 0.25) is 0 Å². The van der Waals surface area contributed by atoms with Gasteiger partial charge in [-0.25, -0.2) is 0 Å². The van der Waals surface area contributed by atoms with Gasteiger partial charge in [0.15, 0.2) is 11.6 Å². The lowest BCUT2D eigenvalue weighted by Crippen LogP contribution is -2.26. The van der Waals surface area contributed by atoms with E-state index in [0.29, 0.717) is 17.5 Å². The van der Waals surface area contributed by atoms with E-state index in [4.69, 9.17) is 0 Å². The molecule has 4 rings (SSSR count). The van der Waals surface area contributed by atoms with Gasteiger partial charge in [0.25, 0.3) is 0 Å². The first-order valence-electron chi connectivity index (χ1n) is 6.85. The van der Waals surface area contributed by atoms with Crippen LogP contribution >= 0.6 is 0 Å². The number of hydrogen-bond acceptors (Lipinski definition) is 2. The summed E-state index contributed by atoms with van der Waals surface area (Å²) in [6.45, 7) is 2.03. The summed E-state index contributed by atoms with van der Waals surface area (Å²) < 4.78 is 0. The third-order valence-corrected chi connectivity index (χ3v) is 5.04. The van der Waals surface area contributed by atoms with Gasteiger partial charge in [-0.15, -0.1) is 0 Å². The molecule has 0 saturated heterocycles. The second-order valence-electron chi connectivity index (χ2n) is 5.98. The molecule has 0 heterocycles. The van der Waals surface area contributed by atoms with E-state index in [1.165, 1.54) is 0 Å². The molecule has 0 radical (unpaired) electrons. The Morgan fingerprint density at radius 3 is 1.85 bits per heavy atom. The molecule has 0 N–H and O–H groups in total. The Kier molecular flexibility index (Phi) is 2.00. The molecule has 2 aliphatic carbocycles. The lowest BCUT2D eigenvalue weighted by molar-refractivity contribution is 0.0794. The zero-order chi connectivity index (χ0) is 14.0. The van der Waals surface area contributed by atoms with Gasteiger partial charge < -0.3 is 0 Å². The van der Waals surface area contributed by atoms with Crippen LogP contribution in [0.15, 0.2) is 54.6 Å². The van der Waals surface area contributed by atoms with Crippen molar-refractivity contribution in [3.05, 3.63) is 71.3 Å². The maximum absolute atomic E-state index is 12.8. The molecule has 2 heteroatoms. The number of carbonyl (C=O) groups is 2. The van der Waals surface area contributed by atoms with E-state index in [9.17, 15) is 9.59 Å². The topological polar surface area (TPSA) is 34.1 Å². The van der Waals surface area contributed by atoms with Gasteiger partial charge in [-0.05, 0) is 12.0 Å². The molecule has 0 aliphatic heterocycles. The maximum atomic E-state index is 12.8. The van der Waals surface area contributed by atoms with Crippen molar-refractivity contribution in [1.29, 1.82) is 0 Å². The Hall–Kier alpha value is -2.22. The van der Waals surface area contributed by atoms with Gasteiger partial charge in [0, 0.05) is 16.5 Å². The van der Waals surface area contributed by atoms with Crippen LogP contribution in [0.1, 0.15) is 39.6 Å². The number of fused-ring (bicyclic) bond motifs is 1. The van der Waals surface area contributed by atoms with Gasteiger partial charge in [0.05, 0.1) is 0 Å². The third-order valence-electron chi connectivity index (χ3n) is 5.04. The minimum Gasteiger partial charge on any atom is -0.293 e. The number of benzene rings is 2. The first-order valence-corrected chi connectivity index (χ1v) is 6.85. The van der Waals surface area contributed by atoms with E-state index in [1.807, 2.05) is 49.4 Å².